The molecule has 1 aromatic carbocycles. The number of nitrogens with zero attached hydrogens (tertiary/aromatic N) is 2. The maximum atomic E-state index is 12.3. The fourth-order valence-corrected chi connectivity index (χ4v) is 1.78. The van der Waals surface area contributed by atoms with E-state index in [1.165, 1.54) is 0 Å². The van der Waals surface area contributed by atoms with Gasteiger partial charge >= 0.3 is 0 Å². The average Bonchev–Trinajstić information content (AvgIpc) is 2.48. The topological polar surface area (TPSA) is 45.2 Å². The van der Waals surface area contributed by atoms with Gasteiger partial charge in [-0.25, -0.2) is 4.98 Å². The van der Waals surface area contributed by atoms with Crippen LogP contribution in [0, 0.1) is 0 Å². The van der Waals surface area contributed by atoms with Gasteiger partial charge in [0.15, 0.2) is 0 Å². The zero-order valence-electron chi connectivity index (χ0n) is 11.1. The molecule has 0 aliphatic carbocycles. The fraction of sp³-hybridized carbons (Fsp3) is 0.200. The van der Waals surface area contributed by atoms with E-state index in [0.29, 0.717) is 11.4 Å². The van der Waals surface area contributed by atoms with Crippen LogP contribution in [0.25, 0.3) is 0 Å². The summed E-state index contributed by atoms with van der Waals surface area (Å²) < 4.78 is 0. The molecule has 0 aliphatic heterocycles. The van der Waals surface area contributed by atoms with Gasteiger partial charge in [0.1, 0.15) is 5.82 Å². The van der Waals surface area contributed by atoms with Crippen LogP contribution in [0.1, 0.15) is 17.3 Å². The van der Waals surface area contributed by atoms with Crippen molar-refractivity contribution < 1.29 is 4.79 Å². The lowest BCUT2D eigenvalue weighted by Gasteiger charge is -2.16. The van der Waals surface area contributed by atoms with Crippen molar-refractivity contribution in [1.82, 2.24) is 4.98 Å². The molecule has 1 N–H and O–H groups in total. The van der Waals surface area contributed by atoms with Crippen LogP contribution < -0.4 is 10.2 Å². The molecule has 2 rings (SSSR count). The van der Waals surface area contributed by atoms with E-state index >= 15 is 0 Å². The number of anilines is 2. The van der Waals surface area contributed by atoms with Gasteiger partial charge in [-0.2, -0.15) is 0 Å². The van der Waals surface area contributed by atoms with Gasteiger partial charge in [0, 0.05) is 31.0 Å². The number of carbonyl (C=O) groups excluding carboxylic acids is 1. The van der Waals surface area contributed by atoms with Crippen molar-refractivity contribution in [3.63, 3.8) is 0 Å². The average molecular weight is 255 g/mol. The standard InChI is InChI=1S/C15H17N3O/c1-3-16-13-9-7-12(8-10-13)15(19)18(2)14-6-4-5-11-17-14/h4-11,16H,3H2,1-2H3. The van der Waals surface area contributed by atoms with E-state index in [2.05, 4.69) is 10.3 Å². The number of carbonyl (C=O) groups is 1. The first-order valence-corrected chi connectivity index (χ1v) is 6.25. The van der Waals surface area contributed by atoms with E-state index < -0.39 is 0 Å². The van der Waals surface area contributed by atoms with Crippen molar-refractivity contribution >= 4 is 17.4 Å². The number of amides is 1. The van der Waals surface area contributed by atoms with Crippen molar-refractivity contribution in [1.29, 1.82) is 0 Å². The number of benzene rings is 1. The summed E-state index contributed by atoms with van der Waals surface area (Å²) in [6.45, 7) is 2.90. The predicted octanol–water partition coefficient (Wildman–Crippen LogP) is 2.79. The molecule has 0 unspecified atom stereocenters. The van der Waals surface area contributed by atoms with E-state index in [9.17, 15) is 4.79 Å². The highest BCUT2D eigenvalue weighted by Crippen LogP contribution is 2.14. The molecular weight excluding hydrogens is 238 g/mol. The zero-order valence-corrected chi connectivity index (χ0v) is 11.1. The van der Waals surface area contributed by atoms with Crippen molar-refractivity contribution in [2.75, 3.05) is 23.8 Å². The number of aromatic nitrogens is 1. The Balaban J connectivity index is 2.15. The zero-order chi connectivity index (χ0) is 13.7. The van der Waals surface area contributed by atoms with Crippen molar-refractivity contribution in [3.05, 3.63) is 54.2 Å². The third-order valence-corrected chi connectivity index (χ3v) is 2.81. The van der Waals surface area contributed by atoms with E-state index in [4.69, 9.17) is 0 Å². The minimum atomic E-state index is -0.0678. The normalized spacial score (nSPS) is 10.0. The van der Waals surface area contributed by atoms with E-state index in [0.717, 1.165) is 12.2 Å². The predicted molar refractivity (Wildman–Crippen MR) is 77.6 cm³/mol. The Bertz CT molecular complexity index is 537. The molecule has 19 heavy (non-hydrogen) atoms. The Morgan fingerprint density at radius 1 is 1.21 bits per heavy atom. The van der Waals surface area contributed by atoms with Crippen LogP contribution >= 0.6 is 0 Å². The Kier molecular flexibility index (Phi) is 4.13. The number of pyridine rings is 1. The minimum Gasteiger partial charge on any atom is -0.385 e. The van der Waals surface area contributed by atoms with Crippen LogP contribution in [0.15, 0.2) is 48.7 Å². The van der Waals surface area contributed by atoms with Gasteiger partial charge in [-0.05, 0) is 43.3 Å². The van der Waals surface area contributed by atoms with Gasteiger partial charge < -0.3 is 5.32 Å². The van der Waals surface area contributed by atoms with Crippen molar-refractivity contribution in [3.8, 4) is 0 Å². The molecule has 0 aliphatic rings. The highest BCUT2D eigenvalue weighted by molar-refractivity contribution is 6.05. The summed E-state index contributed by atoms with van der Waals surface area (Å²) in [4.78, 5) is 18.0. The molecule has 1 amide bonds. The fourth-order valence-electron chi connectivity index (χ4n) is 1.78. The second-order valence-electron chi connectivity index (χ2n) is 4.16. The summed E-state index contributed by atoms with van der Waals surface area (Å²) in [5.41, 5.74) is 1.66. The number of hydrogen-bond donors (Lipinski definition) is 1. The van der Waals surface area contributed by atoms with Gasteiger partial charge in [0.2, 0.25) is 0 Å². The van der Waals surface area contributed by atoms with E-state index in [1.54, 1.807) is 18.1 Å². The third kappa shape index (κ3) is 3.10. The largest absolute Gasteiger partial charge is 0.385 e. The number of rotatable bonds is 4. The summed E-state index contributed by atoms with van der Waals surface area (Å²) in [7, 11) is 1.73. The van der Waals surface area contributed by atoms with Gasteiger partial charge in [0.05, 0.1) is 0 Å². The first-order valence-electron chi connectivity index (χ1n) is 6.25. The van der Waals surface area contributed by atoms with E-state index in [-0.39, 0.29) is 5.91 Å². The smallest absolute Gasteiger partial charge is 0.259 e. The van der Waals surface area contributed by atoms with Crippen LogP contribution in [-0.2, 0) is 0 Å². The molecule has 4 heteroatoms. The second-order valence-corrected chi connectivity index (χ2v) is 4.16. The molecule has 0 spiro atoms. The lowest BCUT2D eigenvalue weighted by molar-refractivity contribution is 0.0992. The molecule has 0 fully saturated rings. The summed E-state index contributed by atoms with van der Waals surface area (Å²) in [5.74, 6) is 0.574. The SMILES string of the molecule is CCNc1ccc(C(=O)N(C)c2ccccn2)cc1. The molecule has 2 aromatic rings. The number of nitrogens with one attached hydrogen (secondary N) is 1. The summed E-state index contributed by atoms with van der Waals surface area (Å²) in [5, 5.41) is 3.20. The van der Waals surface area contributed by atoms with Crippen LogP contribution in [0.4, 0.5) is 11.5 Å². The summed E-state index contributed by atoms with van der Waals surface area (Å²) in [6, 6.07) is 12.9. The van der Waals surface area contributed by atoms with Gasteiger partial charge in [0.25, 0.3) is 5.91 Å². The highest BCUT2D eigenvalue weighted by Gasteiger charge is 2.13. The summed E-state index contributed by atoms with van der Waals surface area (Å²) >= 11 is 0. The molecule has 0 radical (unpaired) electrons. The number of hydrogen-bond acceptors (Lipinski definition) is 3. The molecule has 98 valence electrons. The van der Waals surface area contributed by atoms with Crippen LogP contribution in [0.2, 0.25) is 0 Å². The third-order valence-electron chi connectivity index (χ3n) is 2.81. The quantitative estimate of drug-likeness (QED) is 0.913. The first-order chi connectivity index (χ1) is 9.22. The Labute approximate surface area is 113 Å². The Morgan fingerprint density at radius 2 is 1.95 bits per heavy atom. The lowest BCUT2D eigenvalue weighted by Crippen LogP contribution is -2.26. The molecule has 1 heterocycles. The lowest BCUT2D eigenvalue weighted by atomic mass is 10.2. The Hall–Kier alpha value is -2.36. The molecule has 1 aromatic heterocycles. The van der Waals surface area contributed by atoms with Crippen LogP contribution in [0.3, 0.4) is 0 Å². The molecule has 4 nitrogen and oxygen atoms in total. The van der Waals surface area contributed by atoms with E-state index in [1.807, 2.05) is 49.4 Å². The van der Waals surface area contributed by atoms with Gasteiger partial charge in [-0.1, -0.05) is 6.07 Å². The minimum absolute atomic E-state index is 0.0678. The molecule has 0 saturated carbocycles. The van der Waals surface area contributed by atoms with Crippen molar-refractivity contribution in [2.24, 2.45) is 0 Å². The van der Waals surface area contributed by atoms with Crippen LogP contribution in [0.5, 0.6) is 0 Å². The first kappa shape index (κ1) is 13.1. The summed E-state index contributed by atoms with van der Waals surface area (Å²) in [6.07, 6.45) is 1.67. The molecule has 0 atom stereocenters. The van der Waals surface area contributed by atoms with Crippen molar-refractivity contribution in [2.45, 2.75) is 6.92 Å². The van der Waals surface area contributed by atoms with Gasteiger partial charge in [-0.3, -0.25) is 9.69 Å². The highest BCUT2D eigenvalue weighted by atomic mass is 16.2. The molecular formula is C15H17N3O. The van der Waals surface area contributed by atoms with Crippen LogP contribution in [-0.4, -0.2) is 24.5 Å². The molecule has 0 saturated heterocycles. The molecule has 0 bridgehead atoms. The second kappa shape index (κ2) is 6.00. The monoisotopic (exact) mass is 255 g/mol. The maximum absolute atomic E-state index is 12.3. The maximum Gasteiger partial charge on any atom is 0.259 e. The Morgan fingerprint density at radius 3 is 2.53 bits per heavy atom. The van der Waals surface area contributed by atoms with Gasteiger partial charge in [-0.15, -0.1) is 0 Å².